The lowest BCUT2D eigenvalue weighted by Crippen LogP contribution is -2.48. The molecule has 7 heteroatoms. The van der Waals surface area contributed by atoms with E-state index in [9.17, 15) is 14.4 Å². The van der Waals surface area contributed by atoms with Gasteiger partial charge in [-0.1, -0.05) is 0 Å². The van der Waals surface area contributed by atoms with E-state index < -0.39 is 0 Å². The van der Waals surface area contributed by atoms with Crippen LogP contribution in [0.15, 0.2) is 15.7 Å². The summed E-state index contributed by atoms with van der Waals surface area (Å²) in [6.07, 6.45) is 4.24. The highest BCUT2D eigenvalue weighted by Crippen LogP contribution is 2.30. The first-order valence-corrected chi connectivity index (χ1v) is 8.67. The minimum Gasteiger partial charge on any atom is -0.338 e. The van der Waals surface area contributed by atoms with Crippen molar-refractivity contribution in [2.75, 3.05) is 13.1 Å². The van der Waals surface area contributed by atoms with E-state index in [1.165, 1.54) is 7.05 Å². The Balaban J connectivity index is 1.84. The smallest absolute Gasteiger partial charge is 0.330 e. The number of hydrogen-bond acceptors (Lipinski definition) is 4. The van der Waals surface area contributed by atoms with Gasteiger partial charge in [0.15, 0.2) is 0 Å². The second kappa shape index (κ2) is 6.55. The summed E-state index contributed by atoms with van der Waals surface area (Å²) in [6, 6.07) is 2.12. The molecule has 3 heterocycles. The summed E-state index contributed by atoms with van der Waals surface area (Å²) in [7, 11) is 3.20. The number of nitrogens with zero attached hydrogens (tertiary/aromatic N) is 4. The summed E-state index contributed by atoms with van der Waals surface area (Å²) in [4.78, 5) is 40.3. The molecule has 2 saturated heterocycles. The zero-order chi connectivity index (χ0) is 17.4. The maximum Gasteiger partial charge on any atom is 0.330 e. The van der Waals surface area contributed by atoms with Gasteiger partial charge in [-0.15, -0.1) is 0 Å². The van der Waals surface area contributed by atoms with Crippen molar-refractivity contribution in [3.63, 3.8) is 0 Å². The van der Waals surface area contributed by atoms with Crippen LogP contribution >= 0.6 is 0 Å². The third kappa shape index (κ3) is 2.92. The van der Waals surface area contributed by atoms with Crippen LogP contribution in [-0.4, -0.2) is 50.0 Å². The highest BCUT2D eigenvalue weighted by Gasteiger charge is 2.38. The van der Waals surface area contributed by atoms with E-state index in [0.717, 1.165) is 49.0 Å². The Hall–Kier alpha value is -1.89. The van der Waals surface area contributed by atoms with Crippen LogP contribution in [0.25, 0.3) is 0 Å². The number of amides is 1. The van der Waals surface area contributed by atoms with Crippen molar-refractivity contribution >= 4 is 5.91 Å². The molecule has 2 fully saturated rings. The Morgan fingerprint density at radius 3 is 2.46 bits per heavy atom. The normalized spacial score (nSPS) is 24.7. The van der Waals surface area contributed by atoms with E-state index in [4.69, 9.17) is 0 Å². The minimum absolute atomic E-state index is 0.144. The monoisotopic (exact) mass is 334 g/mol. The molecule has 7 nitrogen and oxygen atoms in total. The highest BCUT2D eigenvalue weighted by atomic mass is 16.2. The lowest BCUT2D eigenvalue weighted by molar-refractivity contribution is -0.130. The molecular formula is C17H26N4O3. The van der Waals surface area contributed by atoms with Crippen molar-refractivity contribution in [2.45, 2.75) is 51.2 Å². The van der Waals surface area contributed by atoms with Crippen molar-refractivity contribution in [3.05, 3.63) is 32.6 Å². The standard InChI is InChI=1S/C17H26N4O3/c1-12(22)21-9-5-7-15(21)14-6-4-8-20(14)11-13-10-16(23)19(3)17(24)18(13)2/h10,14-15H,4-9,11H2,1-3H3. The maximum atomic E-state index is 12.1. The molecule has 0 aliphatic carbocycles. The molecule has 0 bridgehead atoms. The van der Waals surface area contributed by atoms with E-state index >= 15 is 0 Å². The SMILES string of the molecule is CC(=O)N1CCCC1C1CCCN1Cc1cc(=O)n(C)c(=O)n1C. The van der Waals surface area contributed by atoms with Gasteiger partial charge in [0.2, 0.25) is 5.91 Å². The first-order valence-electron chi connectivity index (χ1n) is 8.67. The summed E-state index contributed by atoms with van der Waals surface area (Å²) >= 11 is 0. The van der Waals surface area contributed by atoms with Crippen LogP contribution in [0.5, 0.6) is 0 Å². The molecule has 0 radical (unpaired) electrons. The average Bonchev–Trinajstić information content (AvgIpc) is 3.18. The Labute approximate surface area is 141 Å². The van der Waals surface area contributed by atoms with Crippen molar-refractivity contribution in [2.24, 2.45) is 14.1 Å². The molecule has 0 spiro atoms. The molecular weight excluding hydrogens is 308 g/mol. The van der Waals surface area contributed by atoms with E-state index in [1.807, 2.05) is 4.90 Å². The van der Waals surface area contributed by atoms with Gasteiger partial charge >= 0.3 is 5.69 Å². The number of rotatable bonds is 3. The quantitative estimate of drug-likeness (QED) is 0.784. The lowest BCUT2D eigenvalue weighted by atomic mass is 10.0. The molecule has 1 aromatic rings. The van der Waals surface area contributed by atoms with Gasteiger partial charge in [0.05, 0.1) is 0 Å². The van der Waals surface area contributed by atoms with E-state index in [2.05, 4.69) is 4.90 Å². The Morgan fingerprint density at radius 1 is 1.08 bits per heavy atom. The predicted octanol–water partition coefficient (Wildman–Crippen LogP) is 0.0593. The zero-order valence-electron chi connectivity index (χ0n) is 14.7. The molecule has 0 saturated carbocycles. The van der Waals surface area contributed by atoms with Crippen molar-refractivity contribution in [1.82, 2.24) is 18.9 Å². The second-order valence-corrected chi connectivity index (χ2v) is 6.98. The summed E-state index contributed by atoms with van der Waals surface area (Å²) in [5.74, 6) is 0.144. The van der Waals surface area contributed by atoms with E-state index in [0.29, 0.717) is 12.6 Å². The van der Waals surface area contributed by atoms with Crippen LogP contribution in [-0.2, 0) is 25.4 Å². The van der Waals surface area contributed by atoms with Crippen LogP contribution in [0.1, 0.15) is 38.3 Å². The van der Waals surface area contributed by atoms with Gasteiger partial charge in [-0.2, -0.15) is 0 Å². The molecule has 1 aromatic heterocycles. The molecule has 0 N–H and O–H groups in total. The molecule has 2 aliphatic rings. The summed E-state index contributed by atoms with van der Waals surface area (Å²) in [5.41, 5.74) is 0.178. The van der Waals surface area contributed by atoms with Gasteiger partial charge < -0.3 is 4.90 Å². The van der Waals surface area contributed by atoms with Gasteiger partial charge in [-0.25, -0.2) is 4.79 Å². The van der Waals surface area contributed by atoms with Crippen LogP contribution in [0, 0.1) is 0 Å². The van der Waals surface area contributed by atoms with Crippen LogP contribution in [0.4, 0.5) is 0 Å². The number of hydrogen-bond donors (Lipinski definition) is 0. The topological polar surface area (TPSA) is 67.6 Å². The lowest BCUT2D eigenvalue weighted by Gasteiger charge is -2.34. The van der Waals surface area contributed by atoms with Crippen molar-refractivity contribution < 1.29 is 4.79 Å². The predicted molar refractivity (Wildman–Crippen MR) is 90.8 cm³/mol. The van der Waals surface area contributed by atoms with Gasteiger partial charge in [-0.3, -0.25) is 23.6 Å². The fourth-order valence-corrected chi connectivity index (χ4v) is 4.21. The van der Waals surface area contributed by atoms with E-state index in [-0.39, 0.29) is 23.2 Å². The van der Waals surface area contributed by atoms with Gasteiger partial charge in [0.25, 0.3) is 5.56 Å². The summed E-state index contributed by atoms with van der Waals surface area (Å²) in [5, 5.41) is 0. The van der Waals surface area contributed by atoms with Crippen LogP contribution < -0.4 is 11.2 Å². The molecule has 2 unspecified atom stereocenters. The first-order chi connectivity index (χ1) is 11.4. The fourth-order valence-electron chi connectivity index (χ4n) is 4.21. The number of carbonyl (C=O) groups is 1. The molecule has 3 rings (SSSR count). The molecule has 2 atom stereocenters. The van der Waals surface area contributed by atoms with Gasteiger partial charge in [0, 0.05) is 58.0 Å². The second-order valence-electron chi connectivity index (χ2n) is 6.98. The average molecular weight is 334 g/mol. The molecule has 24 heavy (non-hydrogen) atoms. The Morgan fingerprint density at radius 2 is 1.75 bits per heavy atom. The fraction of sp³-hybridized carbons (Fsp3) is 0.706. The third-order valence-electron chi connectivity index (χ3n) is 5.55. The van der Waals surface area contributed by atoms with Gasteiger partial charge in [-0.05, 0) is 32.2 Å². The van der Waals surface area contributed by atoms with Crippen LogP contribution in [0.3, 0.4) is 0 Å². The molecule has 132 valence electrons. The zero-order valence-corrected chi connectivity index (χ0v) is 14.7. The minimum atomic E-state index is -0.292. The summed E-state index contributed by atoms with van der Waals surface area (Å²) in [6.45, 7) is 4.00. The number of aromatic nitrogens is 2. The molecule has 1 amide bonds. The highest BCUT2D eigenvalue weighted by molar-refractivity contribution is 5.74. The molecule has 0 aromatic carbocycles. The molecule has 2 aliphatic heterocycles. The first kappa shape index (κ1) is 17.0. The van der Waals surface area contributed by atoms with Crippen LogP contribution in [0.2, 0.25) is 0 Å². The Kier molecular flexibility index (Phi) is 4.62. The summed E-state index contributed by atoms with van der Waals surface area (Å²) < 4.78 is 2.67. The number of likely N-dealkylation sites (tertiary alicyclic amines) is 2. The number of carbonyl (C=O) groups excluding carboxylic acids is 1. The van der Waals surface area contributed by atoms with Gasteiger partial charge in [0.1, 0.15) is 0 Å². The maximum absolute atomic E-state index is 12.1. The van der Waals surface area contributed by atoms with Crippen molar-refractivity contribution in [1.29, 1.82) is 0 Å². The Bertz CT molecular complexity index is 751. The van der Waals surface area contributed by atoms with E-state index in [1.54, 1.807) is 24.6 Å². The van der Waals surface area contributed by atoms with Crippen molar-refractivity contribution in [3.8, 4) is 0 Å². The third-order valence-corrected chi connectivity index (χ3v) is 5.55. The largest absolute Gasteiger partial charge is 0.338 e.